The quantitative estimate of drug-likeness (QED) is 0.519. The standard InChI is InChI=1S/C20H14N2/c1-3-7-15(8-4-1)17-11-12-18-19(13-17)21-14-22-20(18)16-9-5-2-6-10-16/h1-14H. The van der Waals surface area contributed by atoms with Crippen LogP contribution in [0, 0.1) is 0 Å². The Bertz CT molecular complexity index is 916. The van der Waals surface area contributed by atoms with Crippen molar-refractivity contribution in [3.63, 3.8) is 0 Å². The van der Waals surface area contributed by atoms with E-state index in [1.807, 2.05) is 24.3 Å². The predicted octanol–water partition coefficient (Wildman–Crippen LogP) is 4.96. The van der Waals surface area contributed by atoms with Gasteiger partial charge in [0, 0.05) is 10.9 Å². The molecule has 104 valence electrons. The molecule has 4 rings (SSSR count). The summed E-state index contributed by atoms with van der Waals surface area (Å²) in [7, 11) is 0. The van der Waals surface area contributed by atoms with Crippen molar-refractivity contribution in [1.29, 1.82) is 0 Å². The highest BCUT2D eigenvalue weighted by Gasteiger charge is 2.07. The van der Waals surface area contributed by atoms with Crippen LogP contribution in [0.5, 0.6) is 0 Å². The SMILES string of the molecule is c1ccc(-c2ccc3c(-c4ccccc4)ncnc3c2)cc1. The van der Waals surface area contributed by atoms with Gasteiger partial charge in [-0.15, -0.1) is 0 Å². The van der Waals surface area contributed by atoms with Gasteiger partial charge in [-0.1, -0.05) is 66.7 Å². The van der Waals surface area contributed by atoms with Crippen LogP contribution in [0.25, 0.3) is 33.3 Å². The lowest BCUT2D eigenvalue weighted by molar-refractivity contribution is 1.22. The first-order valence-corrected chi connectivity index (χ1v) is 7.27. The number of hydrogen-bond acceptors (Lipinski definition) is 2. The molecule has 3 aromatic carbocycles. The van der Waals surface area contributed by atoms with Crippen LogP contribution >= 0.6 is 0 Å². The summed E-state index contributed by atoms with van der Waals surface area (Å²) in [6.45, 7) is 0. The normalized spacial score (nSPS) is 10.7. The minimum Gasteiger partial charge on any atom is -0.236 e. The van der Waals surface area contributed by atoms with E-state index >= 15 is 0 Å². The zero-order valence-corrected chi connectivity index (χ0v) is 12.0. The molecule has 22 heavy (non-hydrogen) atoms. The molecule has 0 unspecified atom stereocenters. The fourth-order valence-electron chi connectivity index (χ4n) is 2.69. The van der Waals surface area contributed by atoms with Gasteiger partial charge in [0.05, 0.1) is 11.2 Å². The van der Waals surface area contributed by atoms with Crippen molar-refractivity contribution in [2.45, 2.75) is 0 Å². The molecular formula is C20H14N2. The summed E-state index contributed by atoms with van der Waals surface area (Å²) in [4.78, 5) is 8.91. The van der Waals surface area contributed by atoms with Crippen LogP contribution in [0.3, 0.4) is 0 Å². The van der Waals surface area contributed by atoms with Crippen LogP contribution in [0.15, 0.2) is 85.2 Å². The first kappa shape index (κ1) is 12.7. The van der Waals surface area contributed by atoms with Crippen molar-refractivity contribution in [3.05, 3.63) is 85.2 Å². The summed E-state index contributed by atoms with van der Waals surface area (Å²) in [5.41, 5.74) is 5.43. The number of benzene rings is 3. The number of nitrogens with zero attached hydrogens (tertiary/aromatic N) is 2. The molecule has 0 spiro atoms. The molecule has 1 aromatic heterocycles. The molecule has 0 radical (unpaired) electrons. The Morgan fingerprint density at radius 1 is 0.545 bits per heavy atom. The van der Waals surface area contributed by atoms with Crippen molar-refractivity contribution in [2.75, 3.05) is 0 Å². The first-order chi connectivity index (χ1) is 10.9. The second kappa shape index (κ2) is 5.41. The van der Waals surface area contributed by atoms with Crippen molar-refractivity contribution >= 4 is 10.9 Å². The van der Waals surface area contributed by atoms with Crippen LogP contribution in [-0.4, -0.2) is 9.97 Å². The zero-order valence-electron chi connectivity index (χ0n) is 12.0. The van der Waals surface area contributed by atoms with E-state index in [0.29, 0.717) is 0 Å². The molecule has 0 amide bonds. The zero-order chi connectivity index (χ0) is 14.8. The van der Waals surface area contributed by atoms with E-state index in [-0.39, 0.29) is 0 Å². The van der Waals surface area contributed by atoms with E-state index in [1.54, 1.807) is 6.33 Å². The minimum absolute atomic E-state index is 0.968. The number of rotatable bonds is 2. The highest BCUT2D eigenvalue weighted by molar-refractivity contribution is 5.94. The van der Waals surface area contributed by atoms with E-state index in [9.17, 15) is 0 Å². The van der Waals surface area contributed by atoms with E-state index in [4.69, 9.17) is 0 Å². The van der Waals surface area contributed by atoms with Gasteiger partial charge in [-0.2, -0.15) is 0 Å². The third-order valence-corrected chi connectivity index (χ3v) is 3.79. The molecular weight excluding hydrogens is 268 g/mol. The molecule has 0 saturated heterocycles. The van der Waals surface area contributed by atoms with Gasteiger partial charge in [0.25, 0.3) is 0 Å². The molecule has 4 aromatic rings. The van der Waals surface area contributed by atoms with Gasteiger partial charge in [0.1, 0.15) is 6.33 Å². The van der Waals surface area contributed by atoms with Gasteiger partial charge in [0.2, 0.25) is 0 Å². The molecule has 1 heterocycles. The molecule has 0 aliphatic rings. The van der Waals surface area contributed by atoms with Crippen LogP contribution < -0.4 is 0 Å². The second-order valence-electron chi connectivity index (χ2n) is 5.19. The van der Waals surface area contributed by atoms with Crippen LogP contribution in [0.1, 0.15) is 0 Å². The lowest BCUT2D eigenvalue weighted by Crippen LogP contribution is -1.89. The largest absolute Gasteiger partial charge is 0.236 e. The number of aromatic nitrogens is 2. The molecule has 2 heteroatoms. The maximum Gasteiger partial charge on any atom is 0.116 e. The highest BCUT2D eigenvalue weighted by atomic mass is 14.8. The van der Waals surface area contributed by atoms with Crippen molar-refractivity contribution in [2.24, 2.45) is 0 Å². The lowest BCUT2D eigenvalue weighted by Gasteiger charge is -2.07. The van der Waals surface area contributed by atoms with Gasteiger partial charge < -0.3 is 0 Å². The Kier molecular flexibility index (Phi) is 3.13. The lowest BCUT2D eigenvalue weighted by atomic mass is 10.0. The molecule has 0 N–H and O–H groups in total. The third kappa shape index (κ3) is 2.25. The Morgan fingerprint density at radius 2 is 1.23 bits per heavy atom. The summed E-state index contributed by atoms with van der Waals surface area (Å²) >= 11 is 0. The Labute approximate surface area is 129 Å². The smallest absolute Gasteiger partial charge is 0.116 e. The molecule has 0 atom stereocenters. The van der Waals surface area contributed by atoms with E-state index in [0.717, 1.165) is 22.2 Å². The maximum absolute atomic E-state index is 4.47. The summed E-state index contributed by atoms with van der Waals surface area (Å²) in [5, 5.41) is 1.08. The van der Waals surface area contributed by atoms with Gasteiger partial charge in [-0.05, 0) is 23.3 Å². The van der Waals surface area contributed by atoms with Gasteiger partial charge in [-0.3, -0.25) is 0 Å². The van der Waals surface area contributed by atoms with Crippen LogP contribution in [0.2, 0.25) is 0 Å². The first-order valence-electron chi connectivity index (χ1n) is 7.27. The Balaban J connectivity index is 1.90. The Hall–Kier alpha value is -3.00. The summed E-state index contributed by atoms with van der Waals surface area (Å²) in [6.07, 6.45) is 1.64. The second-order valence-corrected chi connectivity index (χ2v) is 5.19. The molecule has 0 fully saturated rings. The predicted molar refractivity (Wildman–Crippen MR) is 90.4 cm³/mol. The average molecular weight is 282 g/mol. The summed E-state index contributed by atoms with van der Waals surface area (Å²) < 4.78 is 0. The maximum atomic E-state index is 4.47. The monoisotopic (exact) mass is 282 g/mol. The van der Waals surface area contributed by atoms with E-state index in [2.05, 4.69) is 64.6 Å². The van der Waals surface area contributed by atoms with E-state index < -0.39 is 0 Å². The van der Waals surface area contributed by atoms with Crippen molar-refractivity contribution in [3.8, 4) is 22.4 Å². The number of fused-ring (bicyclic) bond motifs is 1. The molecule has 0 bridgehead atoms. The Morgan fingerprint density at radius 3 is 1.95 bits per heavy atom. The molecule has 0 saturated carbocycles. The molecule has 0 aliphatic heterocycles. The third-order valence-electron chi connectivity index (χ3n) is 3.79. The fourth-order valence-corrected chi connectivity index (χ4v) is 2.69. The van der Waals surface area contributed by atoms with Crippen LogP contribution in [-0.2, 0) is 0 Å². The highest BCUT2D eigenvalue weighted by Crippen LogP contribution is 2.28. The van der Waals surface area contributed by atoms with E-state index in [1.165, 1.54) is 11.1 Å². The average Bonchev–Trinajstić information content (AvgIpc) is 2.62. The van der Waals surface area contributed by atoms with Crippen molar-refractivity contribution < 1.29 is 0 Å². The number of hydrogen-bond donors (Lipinski definition) is 0. The summed E-state index contributed by atoms with van der Waals surface area (Å²) in [6, 6.07) is 26.9. The minimum atomic E-state index is 0.968. The van der Waals surface area contributed by atoms with Gasteiger partial charge >= 0.3 is 0 Å². The fraction of sp³-hybridized carbons (Fsp3) is 0. The van der Waals surface area contributed by atoms with Gasteiger partial charge in [-0.25, -0.2) is 9.97 Å². The summed E-state index contributed by atoms with van der Waals surface area (Å²) in [5.74, 6) is 0. The molecule has 0 aliphatic carbocycles. The van der Waals surface area contributed by atoms with Crippen molar-refractivity contribution in [1.82, 2.24) is 9.97 Å². The topological polar surface area (TPSA) is 25.8 Å². The van der Waals surface area contributed by atoms with Gasteiger partial charge in [0.15, 0.2) is 0 Å². The van der Waals surface area contributed by atoms with Crippen LogP contribution in [0.4, 0.5) is 0 Å². The molecule has 2 nitrogen and oxygen atoms in total.